The number of nitro groups is 1. The van der Waals surface area contributed by atoms with Crippen LogP contribution in [0.1, 0.15) is 32.6 Å². The summed E-state index contributed by atoms with van der Waals surface area (Å²) >= 11 is 0. The van der Waals surface area contributed by atoms with Gasteiger partial charge in [-0.2, -0.15) is 0 Å². The van der Waals surface area contributed by atoms with Crippen molar-refractivity contribution in [2.75, 3.05) is 5.32 Å². The molecule has 0 spiro atoms. The molecule has 112 valence electrons. The molecule has 2 amide bonds. The van der Waals surface area contributed by atoms with Gasteiger partial charge in [-0.05, 0) is 31.7 Å². The molecule has 0 unspecified atom stereocenters. The van der Waals surface area contributed by atoms with Crippen molar-refractivity contribution < 1.29 is 9.72 Å². The monoisotopic (exact) mass is 289 g/mol. The lowest BCUT2D eigenvalue weighted by Gasteiger charge is -2.10. The van der Waals surface area contributed by atoms with Gasteiger partial charge < -0.3 is 10.6 Å². The van der Waals surface area contributed by atoms with Crippen molar-refractivity contribution in [3.05, 3.63) is 46.2 Å². The van der Waals surface area contributed by atoms with Crippen LogP contribution in [0.15, 0.2) is 36.0 Å². The van der Waals surface area contributed by atoms with Gasteiger partial charge in [0.05, 0.1) is 4.92 Å². The number of hydrogen-bond donors (Lipinski definition) is 2. The highest BCUT2D eigenvalue weighted by atomic mass is 16.6. The Morgan fingerprint density at radius 2 is 2.10 bits per heavy atom. The first-order valence-electron chi connectivity index (χ1n) is 7.05. The molecule has 0 aromatic heterocycles. The fourth-order valence-corrected chi connectivity index (χ4v) is 2.54. The Hall–Kier alpha value is -2.37. The third-order valence-electron chi connectivity index (χ3n) is 3.74. The topological polar surface area (TPSA) is 84.3 Å². The number of urea groups is 1. The SMILES string of the molecule is C/C(=C\NC(=O)Nc1cccc([N+](=O)[O-])c1)C1CCCC1. The molecule has 2 rings (SSSR count). The van der Waals surface area contributed by atoms with E-state index in [-0.39, 0.29) is 5.69 Å². The van der Waals surface area contributed by atoms with Crippen LogP contribution in [0.25, 0.3) is 0 Å². The number of carbonyl (C=O) groups excluding carboxylic acids is 1. The minimum absolute atomic E-state index is 0.0505. The van der Waals surface area contributed by atoms with Crippen molar-refractivity contribution in [3.8, 4) is 0 Å². The van der Waals surface area contributed by atoms with E-state index in [0.29, 0.717) is 11.6 Å². The van der Waals surface area contributed by atoms with E-state index >= 15 is 0 Å². The third-order valence-corrected chi connectivity index (χ3v) is 3.74. The van der Waals surface area contributed by atoms with Crippen molar-refractivity contribution in [2.45, 2.75) is 32.6 Å². The first-order valence-corrected chi connectivity index (χ1v) is 7.05. The van der Waals surface area contributed by atoms with E-state index in [0.717, 1.165) is 0 Å². The number of anilines is 1. The predicted molar refractivity (Wildman–Crippen MR) is 81.0 cm³/mol. The number of nitrogens with zero attached hydrogens (tertiary/aromatic N) is 1. The summed E-state index contributed by atoms with van der Waals surface area (Å²) in [7, 11) is 0. The van der Waals surface area contributed by atoms with Crippen LogP contribution in [0, 0.1) is 16.0 Å². The molecule has 0 saturated heterocycles. The van der Waals surface area contributed by atoms with Crippen LogP contribution in [0.2, 0.25) is 0 Å². The van der Waals surface area contributed by atoms with E-state index in [2.05, 4.69) is 10.6 Å². The van der Waals surface area contributed by atoms with Gasteiger partial charge in [-0.1, -0.05) is 24.5 Å². The summed E-state index contributed by atoms with van der Waals surface area (Å²) in [6.45, 7) is 2.02. The van der Waals surface area contributed by atoms with Gasteiger partial charge in [-0.15, -0.1) is 0 Å². The van der Waals surface area contributed by atoms with Crippen molar-refractivity contribution in [2.24, 2.45) is 5.92 Å². The Labute approximate surface area is 123 Å². The zero-order valence-electron chi connectivity index (χ0n) is 12.0. The molecular weight excluding hydrogens is 270 g/mol. The fraction of sp³-hybridized carbons (Fsp3) is 0.400. The van der Waals surface area contributed by atoms with Crippen LogP contribution in [-0.2, 0) is 0 Å². The molecule has 1 fully saturated rings. The smallest absolute Gasteiger partial charge is 0.314 e. The Bertz CT molecular complexity index is 563. The molecule has 1 aliphatic carbocycles. The minimum Gasteiger partial charge on any atom is -0.314 e. The summed E-state index contributed by atoms with van der Waals surface area (Å²) in [6, 6.07) is 5.46. The molecule has 21 heavy (non-hydrogen) atoms. The van der Waals surface area contributed by atoms with Crippen LogP contribution in [-0.4, -0.2) is 11.0 Å². The normalized spacial score (nSPS) is 15.8. The molecule has 0 heterocycles. The van der Waals surface area contributed by atoms with Gasteiger partial charge in [0, 0.05) is 24.0 Å². The lowest BCUT2D eigenvalue weighted by molar-refractivity contribution is -0.384. The Balaban J connectivity index is 1.91. The molecule has 0 radical (unpaired) electrons. The fourth-order valence-electron chi connectivity index (χ4n) is 2.54. The van der Waals surface area contributed by atoms with Gasteiger partial charge in [-0.3, -0.25) is 10.1 Å². The van der Waals surface area contributed by atoms with Gasteiger partial charge in [0.25, 0.3) is 5.69 Å². The maximum Gasteiger partial charge on any atom is 0.323 e. The molecule has 1 aromatic rings. The molecule has 0 atom stereocenters. The highest BCUT2D eigenvalue weighted by molar-refractivity contribution is 5.90. The molecule has 0 bridgehead atoms. The van der Waals surface area contributed by atoms with Crippen molar-refractivity contribution in [1.82, 2.24) is 5.32 Å². The lowest BCUT2D eigenvalue weighted by atomic mass is 10.0. The molecular formula is C15H19N3O3. The number of non-ortho nitro benzene ring substituents is 1. The average Bonchev–Trinajstić information content (AvgIpc) is 2.99. The molecule has 2 N–H and O–H groups in total. The molecule has 6 nitrogen and oxygen atoms in total. The minimum atomic E-state index is -0.493. The largest absolute Gasteiger partial charge is 0.323 e. The van der Waals surface area contributed by atoms with Crippen LogP contribution in [0.3, 0.4) is 0 Å². The van der Waals surface area contributed by atoms with E-state index in [1.165, 1.54) is 49.5 Å². The number of rotatable bonds is 4. The first kappa shape index (κ1) is 15.0. The van der Waals surface area contributed by atoms with Gasteiger partial charge in [0.2, 0.25) is 0 Å². The number of nitrogens with one attached hydrogen (secondary N) is 2. The highest BCUT2D eigenvalue weighted by Crippen LogP contribution is 2.30. The Morgan fingerprint density at radius 1 is 1.38 bits per heavy atom. The number of carbonyl (C=O) groups is 1. The number of benzene rings is 1. The Kier molecular flexibility index (Phi) is 4.92. The zero-order valence-corrected chi connectivity index (χ0v) is 12.0. The summed E-state index contributed by atoms with van der Waals surface area (Å²) in [5, 5.41) is 15.9. The predicted octanol–water partition coefficient (Wildman–Crippen LogP) is 3.81. The summed E-state index contributed by atoms with van der Waals surface area (Å²) in [5.74, 6) is 0.558. The summed E-state index contributed by atoms with van der Waals surface area (Å²) in [6.07, 6.45) is 6.57. The van der Waals surface area contributed by atoms with Gasteiger partial charge >= 0.3 is 6.03 Å². The third kappa shape index (κ3) is 4.30. The second-order valence-corrected chi connectivity index (χ2v) is 5.28. The highest BCUT2D eigenvalue weighted by Gasteiger charge is 2.16. The maximum atomic E-state index is 11.8. The Morgan fingerprint density at radius 3 is 2.76 bits per heavy atom. The molecule has 0 aliphatic heterocycles. The average molecular weight is 289 g/mol. The number of nitro benzene ring substituents is 1. The molecule has 1 saturated carbocycles. The van der Waals surface area contributed by atoms with Crippen molar-refractivity contribution >= 4 is 17.4 Å². The summed E-state index contributed by atoms with van der Waals surface area (Å²) in [4.78, 5) is 22.0. The second kappa shape index (κ2) is 6.88. The standard InChI is InChI=1S/C15H19N3O3/c1-11(12-5-2-3-6-12)10-16-15(19)17-13-7-4-8-14(9-13)18(20)21/h4,7-10,12H,2-3,5-6H2,1H3,(H2,16,17,19)/b11-10+. The van der Waals surface area contributed by atoms with E-state index in [4.69, 9.17) is 0 Å². The second-order valence-electron chi connectivity index (χ2n) is 5.28. The number of allylic oxidation sites excluding steroid dienone is 1. The van der Waals surface area contributed by atoms with Crippen molar-refractivity contribution in [3.63, 3.8) is 0 Å². The quantitative estimate of drug-likeness (QED) is 0.653. The van der Waals surface area contributed by atoms with E-state index < -0.39 is 11.0 Å². The molecule has 1 aromatic carbocycles. The zero-order chi connectivity index (χ0) is 15.2. The van der Waals surface area contributed by atoms with Crippen LogP contribution in [0.5, 0.6) is 0 Å². The van der Waals surface area contributed by atoms with Crippen LogP contribution in [0.4, 0.5) is 16.2 Å². The number of hydrogen-bond acceptors (Lipinski definition) is 3. The maximum absolute atomic E-state index is 11.8. The van der Waals surface area contributed by atoms with Gasteiger partial charge in [-0.25, -0.2) is 4.79 Å². The molecule has 1 aliphatic rings. The summed E-state index contributed by atoms with van der Waals surface area (Å²) < 4.78 is 0. The van der Waals surface area contributed by atoms with Crippen LogP contribution < -0.4 is 10.6 Å². The first-order chi connectivity index (χ1) is 10.1. The van der Waals surface area contributed by atoms with E-state index in [1.807, 2.05) is 6.92 Å². The van der Waals surface area contributed by atoms with E-state index in [1.54, 1.807) is 12.3 Å². The lowest BCUT2D eigenvalue weighted by Crippen LogP contribution is -2.24. The van der Waals surface area contributed by atoms with Gasteiger partial charge in [0.1, 0.15) is 0 Å². The van der Waals surface area contributed by atoms with Gasteiger partial charge in [0.15, 0.2) is 0 Å². The number of amides is 2. The van der Waals surface area contributed by atoms with Crippen LogP contribution >= 0.6 is 0 Å². The summed E-state index contributed by atoms with van der Waals surface area (Å²) in [5.41, 5.74) is 1.51. The van der Waals surface area contributed by atoms with E-state index in [9.17, 15) is 14.9 Å². The molecule has 6 heteroatoms. The van der Waals surface area contributed by atoms with Crippen molar-refractivity contribution in [1.29, 1.82) is 0 Å².